The molecule has 2 fully saturated rings. The van der Waals surface area contributed by atoms with Crippen molar-refractivity contribution < 1.29 is 19.4 Å². The van der Waals surface area contributed by atoms with Gasteiger partial charge in [0.25, 0.3) is 0 Å². The van der Waals surface area contributed by atoms with Crippen LogP contribution in [0.2, 0.25) is 0 Å². The molecular formula is C8H12O4. The van der Waals surface area contributed by atoms with Gasteiger partial charge in [0, 0.05) is 12.8 Å². The van der Waals surface area contributed by atoms with Crippen molar-refractivity contribution in [3.8, 4) is 0 Å². The highest BCUT2D eigenvalue weighted by Crippen LogP contribution is 2.52. The standard InChI is InChI=1S/C8H12O4/c1-7(6(9)10)4-8(5-7)11-2-3-12-8/h2-5H2,1H3,(H,9,10). The summed E-state index contributed by atoms with van der Waals surface area (Å²) in [6.07, 6.45) is 0.963. The van der Waals surface area contributed by atoms with Crippen LogP contribution in [-0.2, 0) is 14.3 Å². The number of carboxylic acid groups (broad SMARTS) is 1. The molecule has 12 heavy (non-hydrogen) atoms. The molecule has 2 rings (SSSR count). The fourth-order valence-corrected chi connectivity index (χ4v) is 1.99. The summed E-state index contributed by atoms with van der Waals surface area (Å²) in [6.45, 7) is 2.91. The number of rotatable bonds is 1. The van der Waals surface area contributed by atoms with Gasteiger partial charge < -0.3 is 14.6 Å². The first kappa shape index (κ1) is 8.01. The van der Waals surface area contributed by atoms with Crippen LogP contribution in [0.5, 0.6) is 0 Å². The van der Waals surface area contributed by atoms with Crippen LogP contribution < -0.4 is 0 Å². The predicted molar refractivity (Wildman–Crippen MR) is 39.6 cm³/mol. The second kappa shape index (κ2) is 2.20. The highest BCUT2D eigenvalue weighted by molar-refractivity contribution is 5.75. The van der Waals surface area contributed by atoms with Crippen LogP contribution in [0, 0.1) is 5.41 Å². The van der Waals surface area contributed by atoms with Gasteiger partial charge in [0.1, 0.15) is 0 Å². The SMILES string of the molecule is CC1(C(=O)O)CC2(C1)OCCO2. The van der Waals surface area contributed by atoms with Gasteiger partial charge in [-0.1, -0.05) is 0 Å². The first-order valence-corrected chi connectivity index (χ1v) is 4.08. The van der Waals surface area contributed by atoms with Crippen molar-refractivity contribution in [3.05, 3.63) is 0 Å². The van der Waals surface area contributed by atoms with Gasteiger partial charge in [0.05, 0.1) is 18.6 Å². The quantitative estimate of drug-likeness (QED) is 0.629. The topological polar surface area (TPSA) is 55.8 Å². The third-order valence-corrected chi connectivity index (χ3v) is 2.65. The van der Waals surface area contributed by atoms with E-state index in [0.29, 0.717) is 26.1 Å². The number of carboxylic acids is 1. The molecule has 68 valence electrons. The number of hydrogen-bond acceptors (Lipinski definition) is 3. The van der Waals surface area contributed by atoms with E-state index < -0.39 is 17.2 Å². The number of ether oxygens (including phenoxy) is 2. The Kier molecular flexibility index (Phi) is 1.47. The molecule has 0 aromatic carbocycles. The Morgan fingerprint density at radius 1 is 1.33 bits per heavy atom. The first-order valence-electron chi connectivity index (χ1n) is 4.08. The zero-order chi connectivity index (χ0) is 8.82. The Bertz CT molecular complexity index is 209. The fraction of sp³-hybridized carbons (Fsp3) is 0.875. The van der Waals surface area contributed by atoms with Gasteiger partial charge in [-0.25, -0.2) is 0 Å². The van der Waals surface area contributed by atoms with Crippen LogP contribution in [0.4, 0.5) is 0 Å². The molecule has 0 unspecified atom stereocenters. The average molecular weight is 172 g/mol. The Morgan fingerprint density at radius 3 is 2.25 bits per heavy atom. The summed E-state index contributed by atoms with van der Waals surface area (Å²) >= 11 is 0. The van der Waals surface area contributed by atoms with E-state index >= 15 is 0 Å². The van der Waals surface area contributed by atoms with Crippen LogP contribution >= 0.6 is 0 Å². The molecule has 1 saturated heterocycles. The van der Waals surface area contributed by atoms with E-state index in [0.717, 1.165) is 0 Å². The second-order valence-corrected chi connectivity index (χ2v) is 3.83. The number of carbonyl (C=O) groups is 1. The third-order valence-electron chi connectivity index (χ3n) is 2.65. The van der Waals surface area contributed by atoms with Crippen molar-refractivity contribution in [3.63, 3.8) is 0 Å². The van der Waals surface area contributed by atoms with Gasteiger partial charge in [-0.05, 0) is 6.92 Å². The van der Waals surface area contributed by atoms with Crippen molar-refractivity contribution >= 4 is 5.97 Å². The highest BCUT2D eigenvalue weighted by atomic mass is 16.7. The monoisotopic (exact) mass is 172 g/mol. The van der Waals surface area contributed by atoms with E-state index in [4.69, 9.17) is 14.6 Å². The molecule has 0 atom stereocenters. The zero-order valence-corrected chi connectivity index (χ0v) is 7.00. The van der Waals surface area contributed by atoms with Crippen LogP contribution in [0.1, 0.15) is 19.8 Å². The predicted octanol–water partition coefficient (Wildman–Crippen LogP) is 0.614. The molecule has 0 radical (unpaired) electrons. The first-order chi connectivity index (χ1) is 5.56. The molecule has 4 nitrogen and oxygen atoms in total. The van der Waals surface area contributed by atoms with Gasteiger partial charge in [0.15, 0.2) is 5.79 Å². The molecule has 1 aliphatic carbocycles. The minimum atomic E-state index is -0.757. The molecule has 1 heterocycles. The van der Waals surface area contributed by atoms with Crippen molar-refractivity contribution in [2.45, 2.75) is 25.6 Å². The minimum Gasteiger partial charge on any atom is -0.481 e. The van der Waals surface area contributed by atoms with Crippen molar-refractivity contribution in [2.24, 2.45) is 5.41 Å². The lowest BCUT2D eigenvalue weighted by molar-refractivity contribution is -0.258. The van der Waals surface area contributed by atoms with Crippen LogP contribution in [-0.4, -0.2) is 30.1 Å². The van der Waals surface area contributed by atoms with Gasteiger partial charge in [-0.2, -0.15) is 0 Å². The van der Waals surface area contributed by atoms with Crippen LogP contribution in [0.3, 0.4) is 0 Å². The van der Waals surface area contributed by atoms with Crippen molar-refractivity contribution in [1.29, 1.82) is 0 Å². The third kappa shape index (κ3) is 0.949. The molecule has 2 aliphatic rings. The van der Waals surface area contributed by atoms with Gasteiger partial charge in [-0.3, -0.25) is 4.79 Å². The largest absolute Gasteiger partial charge is 0.481 e. The van der Waals surface area contributed by atoms with E-state index in [1.807, 2.05) is 0 Å². The molecule has 0 amide bonds. The maximum absolute atomic E-state index is 10.7. The Labute approximate surface area is 70.5 Å². The Balaban J connectivity index is 2.01. The average Bonchev–Trinajstić information content (AvgIpc) is 2.34. The molecule has 4 heteroatoms. The summed E-state index contributed by atoms with van der Waals surface area (Å²) in [7, 11) is 0. The lowest BCUT2D eigenvalue weighted by atomic mass is 9.66. The van der Waals surface area contributed by atoms with Gasteiger partial charge >= 0.3 is 5.97 Å². The van der Waals surface area contributed by atoms with Crippen LogP contribution in [0.15, 0.2) is 0 Å². The molecule has 1 N–H and O–H groups in total. The van der Waals surface area contributed by atoms with E-state index in [9.17, 15) is 4.79 Å². The lowest BCUT2D eigenvalue weighted by Gasteiger charge is -2.47. The van der Waals surface area contributed by atoms with E-state index in [2.05, 4.69) is 0 Å². The van der Waals surface area contributed by atoms with Gasteiger partial charge in [0.2, 0.25) is 0 Å². The summed E-state index contributed by atoms with van der Waals surface area (Å²) in [5.74, 6) is -1.31. The summed E-state index contributed by atoms with van der Waals surface area (Å²) < 4.78 is 10.7. The number of aliphatic carboxylic acids is 1. The Hall–Kier alpha value is -0.610. The number of hydrogen-bond donors (Lipinski definition) is 1. The molecular weight excluding hydrogens is 160 g/mol. The highest BCUT2D eigenvalue weighted by Gasteiger charge is 2.59. The van der Waals surface area contributed by atoms with E-state index in [-0.39, 0.29) is 0 Å². The minimum absolute atomic E-state index is 0.481. The fourth-order valence-electron chi connectivity index (χ4n) is 1.99. The van der Waals surface area contributed by atoms with E-state index in [1.165, 1.54) is 0 Å². The summed E-state index contributed by atoms with van der Waals surface area (Å²) in [5.41, 5.74) is -0.635. The molecule has 1 spiro atoms. The molecule has 0 bridgehead atoms. The zero-order valence-electron chi connectivity index (χ0n) is 7.00. The summed E-state index contributed by atoms with van der Waals surface area (Å²) in [4.78, 5) is 10.7. The van der Waals surface area contributed by atoms with Gasteiger partial charge in [-0.15, -0.1) is 0 Å². The summed E-state index contributed by atoms with van der Waals surface area (Å²) in [5, 5.41) is 8.83. The maximum atomic E-state index is 10.7. The summed E-state index contributed by atoms with van der Waals surface area (Å²) in [6, 6.07) is 0. The molecule has 0 aromatic rings. The molecule has 1 aliphatic heterocycles. The molecule has 1 saturated carbocycles. The Morgan fingerprint density at radius 2 is 1.83 bits per heavy atom. The van der Waals surface area contributed by atoms with Crippen molar-refractivity contribution in [2.75, 3.05) is 13.2 Å². The molecule has 0 aromatic heterocycles. The normalized spacial score (nSPS) is 30.1. The smallest absolute Gasteiger partial charge is 0.309 e. The lowest BCUT2D eigenvalue weighted by Crippen LogP contribution is -2.54. The van der Waals surface area contributed by atoms with Crippen LogP contribution in [0.25, 0.3) is 0 Å². The van der Waals surface area contributed by atoms with Crippen molar-refractivity contribution in [1.82, 2.24) is 0 Å². The maximum Gasteiger partial charge on any atom is 0.309 e. The second-order valence-electron chi connectivity index (χ2n) is 3.83. The van der Waals surface area contributed by atoms with E-state index in [1.54, 1.807) is 6.92 Å².